The number of allylic oxidation sites excluding steroid dienone is 2. The second kappa shape index (κ2) is 28.5. The van der Waals surface area contributed by atoms with Gasteiger partial charge in [0, 0.05) is 73.9 Å². The molecule has 0 aliphatic carbocycles. The molecular formula is C31H53FeN5O7Zn-2. The number of benzene rings is 1. The van der Waals surface area contributed by atoms with Gasteiger partial charge < -0.3 is 51.1 Å². The summed E-state index contributed by atoms with van der Waals surface area (Å²) in [6.07, 6.45) is 11.1. The fourth-order valence-electron chi connectivity index (χ4n) is 4.10. The van der Waals surface area contributed by atoms with E-state index in [4.69, 9.17) is 35.6 Å². The number of phenolic OH excluding ortho intramolecular Hbond substituents is 1. The number of nitrogens with zero attached hydrogens (tertiary/aromatic N) is 5. The number of aliphatic hydroxyl groups is 4. The van der Waals surface area contributed by atoms with Crippen LogP contribution < -0.4 is 0 Å². The van der Waals surface area contributed by atoms with Crippen molar-refractivity contribution < 1.29 is 72.0 Å². The minimum Gasteiger partial charge on any atom is -0.684 e. The number of rotatable bonds is 10. The van der Waals surface area contributed by atoms with Crippen molar-refractivity contribution in [1.29, 1.82) is 0 Å². The molecule has 3 rings (SSSR count). The molecule has 2 atom stereocenters. The molecule has 0 amide bonds. The van der Waals surface area contributed by atoms with Crippen molar-refractivity contribution in [2.45, 2.75) is 78.2 Å². The maximum absolute atomic E-state index is 11.0. The predicted octanol–water partition coefficient (Wildman–Crippen LogP) is 2.96. The summed E-state index contributed by atoms with van der Waals surface area (Å²) in [6.45, 7) is 10.7. The maximum Gasteiger partial charge on any atom is 0.300 e. The summed E-state index contributed by atoms with van der Waals surface area (Å²) in [6, 6.07) is 4.61. The van der Waals surface area contributed by atoms with Crippen molar-refractivity contribution in [1.82, 2.24) is 9.80 Å². The summed E-state index contributed by atoms with van der Waals surface area (Å²) in [7, 11) is 4.07. The Morgan fingerprint density at radius 1 is 1.09 bits per heavy atom. The van der Waals surface area contributed by atoms with Gasteiger partial charge in [-0.25, -0.2) is 0 Å². The molecule has 2 heterocycles. The molecule has 0 radical (unpaired) electrons. The van der Waals surface area contributed by atoms with Crippen LogP contribution >= 0.6 is 0 Å². The van der Waals surface area contributed by atoms with Crippen LogP contribution in [0.4, 0.5) is 0 Å². The summed E-state index contributed by atoms with van der Waals surface area (Å²) in [5.41, 5.74) is 2.87. The number of aromatic hydroxyl groups is 1. The maximum atomic E-state index is 11.0. The molecule has 1 aromatic carbocycles. The van der Waals surface area contributed by atoms with Crippen molar-refractivity contribution in [2.75, 3.05) is 46.8 Å². The second-order valence-electron chi connectivity index (χ2n) is 10.7. The summed E-state index contributed by atoms with van der Waals surface area (Å²) < 4.78 is 0. The monoisotopic (exact) mass is 727 g/mol. The molecule has 1 fully saturated rings. The van der Waals surface area contributed by atoms with Crippen LogP contribution in [0, 0.1) is 6.92 Å². The van der Waals surface area contributed by atoms with Crippen LogP contribution in [0.15, 0.2) is 41.6 Å². The van der Waals surface area contributed by atoms with Crippen LogP contribution in [0.1, 0.15) is 56.7 Å². The van der Waals surface area contributed by atoms with Crippen LogP contribution in [-0.2, 0) is 47.9 Å². The molecule has 0 bridgehead atoms. The number of phenols is 1. The van der Waals surface area contributed by atoms with Crippen LogP contribution in [0.5, 0.6) is 5.75 Å². The van der Waals surface area contributed by atoms with Crippen LogP contribution in [-0.4, -0.2) is 124 Å². The fraction of sp³-hybridized carbons (Fsp3) is 0.613. The number of likely N-dealkylation sites (N-methyl/N-ethyl adjacent to an activating group) is 1. The largest absolute Gasteiger partial charge is 0.684 e. The van der Waals surface area contributed by atoms with E-state index in [-0.39, 0.29) is 42.6 Å². The van der Waals surface area contributed by atoms with Crippen molar-refractivity contribution in [3.63, 3.8) is 0 Å². The number of carboxylic acids is 1. The molecule has 0 aromatic heterocycles. The Bertz CT molecular complexity index is 976. The Balaban J connectivity index is -0.00000108. The zero-order valence-corrected chi connectivity index (χ0v) is 31.7. The molecule has 256 valence electrons. The van der Waals surface area contributed by atoms with Gasteiger partial charge in [0.1, 0.15) is 18.3 Å². The smallest absolute Gasteiger partial charge is 0.300 e. The van der Waals surface area contributed by atoms with E-state index in [9.17, 15) is 5.11 Å². The van der Waals surface area contributed by atoms with Gasteiger partial charge >= 0.3 is 0 Å². The molecule has 14 heteroatoms. The molecule has 45 heavy (non-hydrogen) atoms. The van der Waals surface area contributed by atoms with E-state index < -0.39 is 18.5 Å². The van der Waals surface area contributed by atoms with Gasteiger partial charge in [-0.3, -0.25) is 9.79 Å². The third-order valence-corrected chi connectivity index (χ3v) is 5.72. The number of hydrogen-bond donors (Lipinski definition) is 6. The van der Waals surface area contributed by atoms with Crippen LogP contribution in [0.3, 0.4) is 0 Å². The molecule has 6 N–H and O–H groups in total. The Kier molecular flexibility index (Phi) is 30.2. The topological polar surface area (TPSA) is 185 Å². The molecule has 2 unspecified atom stereocenters. The minimum absolute atomic E-state index is 0. The van der Waals surface area contributed by atoms with E-state index in [0.717, 1.165) is 56.2 Å². The van der Waals surface area contributed by atoms with Crippen LogP contribution in [0.2, 0.25) is 0 Å². The van der Waals surface area contributed by atoms with Gasteiger partial charge in [-0.2, -0.15) is 6.20 Å². The number of aliphatic imine (C=N–C) groups is 1. The zero-order valence-electron chi connectivity index (χ0n) is 27.6. The quantitative estimate of drug-likeness (QED) is 0.120. The van der Waals surface area contributed by atoms with E-state index in [1.165, 1.54) is 26.7 Å². The van der Waals surface area contributed by atoms with Gasteiger partial charge in [0.05, 0.1) is 6.54 Å². The van der Waals surface area contributed by atoms with Crippen molar-refractivity contribution >= 4 is 12.2 Å². The average molecular weight is 729 g/mol. The van der Waals surface area contributed by atoms with Gasteiger partial charge in [0.15, 0.2) is 0 Å². The third-order valence-electron chi connectivity index (χ3n) is 5.72. The van der Waals surface area contributed by atoms with Gasteiger partial charge in [0.25, 0.3) is 5.97 Å². The average Bonchev–Trinajstić information content (AvgIpc) is 2.89. The SMILES string of the molecule is CC(=O)O.CC(O)O.CC(O)O.Cc1cc(C=NCCN(C)C)c(O)c(CN(CC2C=CC=C[N-]2)CC2CCCC[N-]2)c1.[Fe].[Zn]. The molecule has 2 aliphatic rings. The zero-order chi connectivity index (χ0) is 32.8. The van der Waals surface area contributed by atoms with Crippen molar-refractivity contribution in [2.24, 2.45) is 4.99 Å². The van der Waals surface area contributed by atoms with Crippen LogP contribution in [0.25, 0.3) is 10.6 Å². The van der Waals surface area contributed by atoms with E-state index in [1.807, 2.05) is 32.4 Å². The molecule has 0 saturated carbocycles. The molecule has 2 aliphatic heterocycles. The summed E-state index contributed by atoms with van der Waals surface area (Å²) >= 11 is 0. The number of carboxylic acid groups (broad SMARTS) is 1. The summed E-state index contributed by atoms with van der Waals surface area (Å²) in [5, 5.41) is 58.3. The molecule has 12 nitrogen and oxygen atoms in total. The van der Waals surface area contributed by atoms with Crippen molar-refractivity contribution in [3.8, 4) is 5.75 Å². The summed E-state index contributed by atoms with van der Waals surface area (Å²) in [5.74, 6) is -0.499. The first-order valence-electron chi connectivity index (χ1n) is 14.5. The standard InChI is InChI=1S/C25H37N5O.2C2H6O2.C2H4O2.Fe.Zn/c1-20-14-21(16-26-12-13-29(2)3)25(31)22(15-20)17-30(18-23-8-4-6-10-27-23)19-24-9-5-7-11-28-24;3*1-2(3)4;;/h4,6,8,10,14-16,23-24H,5,7,9,11-13,17-19H2,1-3H3,(H,26,31);2*2-4H,1H3;1H3,(H,3,4);;/q-2;;;;;. The Hall–Kier alpha value is -1.70. The van der Waals surface area contributed by atoms with E-state index in [2.05, 4.69) is 45.3 Å². The predicted molar refractivity (Wildman–Crippen MR) is 172 cm³/mol. The number of piperidine rings is 1. The van der Waals surface area contributed by atoms with E-state index in [0.29, 0.717) is 24.9 Å². The summed E-state index contributed by atoms with van der Waals surface area (Å²) in [4.78, 5) is 18.0. The second-order valence-corrected chi connectivity index (χ2v) is 10.7. The number of hydrogen-bond acceptors (Lipinski definition) is 9. The van der Waals surface area contributed by atoms with E-state index in [1.54, 1.807) is 6.21 Å². The van der Waals surface area contributed by atoms with Gasteiger partial charge in [-0.15, -0.1) is 12.6 Å². The minimum atomic E-state index is -1.17. The van der Waals surface area contributed by atoms with E-state index >= 15 is 0 Å². The molecular weight excluding hydrogens is 676 g/mol. The number of aliphatic hydroxyl groups excluding tert-OH is 2. The third kappa shape index (κ3) is 28.3. The Labute approximate surface area is 292 Å². The Morgan fingerprint density at radius 3 is 2.18 bits per heavy atom. The molecule has 0 spiro atoms. The molecule has 1 aromatic rings. The fourth-order valence-corrected chi connectivity index (χ4v) is 4.10. The van der Waals surface area contributed by atoms with Gasteiger partial charge in [0.2, 0.25) is 0 Å². The number of carbonyl (C=O) groups is 1. The first-order chi connectivity index (χ1) is 20.2. The first kappa shape index (κ1) is 47.7. The van der Waals surface area contributed by atoms with Crippen molar-refractivity contribution in [3.05, 3.63) is 63.9 Å². The Morgan fingerprint density at radius 2 is 1.69 bits per heavy atom. The number of aryl methyl sites for hydroxylation is 1. The van der Waals surface area contributed by atoms with Gasteiger partial charge in [-0.05, 0) is 59.6 Å². The van der Waals surface area contributed by atoms with Gasteiger partial charge in [-0.1, -0.05) is 49.6 Å². The first-order valence-corrected chi connectivity index (χ1v) is 14.5. The number of aliphatic carboxylic acids is 1. The normalized spacial score (nSPS) is 16.8. The molecule has 1 saturated heterocycles.